The predicted octanol–water partition coefficient (Wildman–Crippen LogP) is 2.72. The third-order valence-electron chi connectivity index (χ3n) is 5.56. The van der Waals surface area contributed by atoms with E-state index < -0.39 is 0 Å². The summed E-state index contributed by atoms with van der Waals surface area (Å²) in [6.07, 6.45) is 3.49. The van der Waals surface area contributed by atoms with Crippen LogP contribution < -0.4 is 10.6 Å². The molecule has 1 aromatic heterocycles. The van der Waals surface area contributed by atoms with Crippen molar-refractivity contribution in [3.05, 3.63) is 53.0 Å². The number of hydrogen-bond acceptors (Lipinski definition) is 5. The molecule has 2 N–H and O–H groups in total. The monoisotopic (exact) mass is 351 g/mol. The van der Waals surface area contributed by atoms with Crippen LogP contribution in [-0.4, -0.2) is 47.6 Å². The minimum Gasteiger partial charge on any atom is -0.369 e. The van der Waals surface area contributed by atoms with Gasteiger partial charge in [-0.3, -0.25) is 4.90 Å². The summed E-state index contributed by atoms with van der Waals surface area (Å²) in [4.78, 5) is 11.8. The molecule has 1 aromatic carbocycles. The van der Waals surface area contributed by atoms with Crippen molar-refractivity contribution < 1.29 is 0 Å². The van der Waals surface area contributed by atoms with Crippen LogP contribution in [0.2, 0.25) is 0 Å². The second kappa shape index (κ2) is 8.14. The van der Waals surface area contributed by atoms with Crippen LogP contribution in [0.5, 0.6) is 0 Å². The van der Waals surface area contributed by atoms with Crippen LogP contribution in [0.25, 0.3) is 0 Å². The van der Waals surface area contributed by atoms with Crippen LogP contribution in [0.3, 0.4) is 0 Å². The number of hydrogen-bond donors (Lipinski definition) is 2. The Hall–Kier alpha value is -1.98. The standard InChI is InChI=1S/C21H29N5/c1-16-24-20(18-6-9-22-10-7-18)14-21(25-16)23-11-13-26-12-8-17-4-2-3-5-19(17)15-26/h2-5,14,18,22H,6-13,15H2,1H3,(H,23,24,25). The highest BCUT2D eigenvalue weighted by atomic mass is 15.1. The lowest BCUT2D eigenvalue weighted by Crippen LogP contribution is -2.34. The molecule has 0 unspecified atom stereocenters. The van der Waals surface area contributed by atoms with Crippen LogP contribution >= 0.6 is 0 Å². The van der Waals surface area contributed by atoms with Crippen LogP contribution in [0.15, 0.2) is 30.3 Å². The summed E-state index contributed by atoms with van der Waals surface area (Å²) < 4.78 is 0. The van der Waals surface area contributed by atoms with E-state index in [1.807, 2.05) is 6.92 Å². The summed E-state index contributed by atoms with van der Waals surface area (Å²) in [5.74, 6) is 2.41. The van der Waals surface area contributed by atoms with E-state index >= 15 is 0 Å². The lowest BCUT2D eigenvalue weighted by Gasteiger charge is -2.28. The molecule has 0 atom stereocenters. The number of piperidine rings is 1. The summed E-state index contributed by atoms with van der Waals surface area (Å²) in [6, 6.07) is 11.0. The van der Waals surface area contributed by atoms with Crippen molar-refractivity contribution in [2.75, 3.05) is 38.0 Å². The predicted molar refractivity (Wildman–Crippen MR) is 106 cm³/mol. The molecule has 0 spiro atoms. The Morgan fingerprint density at radius 1 is 1.15 bits per heavy atom. The summed E-state index contributed by atoms with van der Waals surface area (Å²) in [6.45, 7) is 8.34. The Bertz CT molecular complexity index is 739. The largest absolute Gasteiger partial charge is 0.369 e. The van der Waals surface area contributed by atoms with Gasteiger partial charge in [-0.05, 0) is 50.4 Å². The van der Waals surface area contributed by atoms with E-state index in [0.29, 0.717) is 5.92 Å². The van der Waals surface area contributed by atoms with E-state index in [1.54, 1.807) is 0 Å². The van der Waals surface area contributed by atoms with Gasteiger partial charge in [0.1, 0.15) is 11.6 Å². The van der Waals surface area contributed by atoms with Gasteiger partial charge >= 0.3 is 0 Å². The van der Waals surface area contributed by atoms with Gasteiger partial charge in [-0.15, -0.1) is 0 Å². The molecular weight excluding hydrogens is 322 g/mol. The topological polar surface area (TPSA) is 53.1 Å². The molecule has 4 rings (SSSR count). The summed E-state index contributed by atoms with van der Waals surface area (Å²) in [5, 5.41) is 6.95. The fourth-order valence-corrected chi connectivity index (χ4v) is 4.10. The SMILES string of the molecule is Cc1nc(NCCN2CCc3ccccc3C2)cc(C2CCNCC2)n1. The Morgan fingerprint density at radius 3 is 2.81 bits per heavy atom. The lowest BCUT2D eigenvalue weighted by molar-refractivity contribution is 0.264. The number of nitrogens with one attached hydrogen (secondary N) is 2. The molecule has 3 heterocycles. The second-order valence-electron chi connectivity index (χ2n) is 7.47. The molecule has 138 valence electrons. The number of nitrogens with zero attached hydrogens (tertiary/aromatic N) is 3. The average molecular weight is 351 g/mol. The Kier molecular flexibility index (Phi) is 5.46. The molecule has 0 saturated carbocycles. The van der Waals surface area contributed by atoms with Gasteiger partial charge in [0, 0.05) is 43.9 Å². The molecule has 0 bridgehead atoms. The van der Waals surface area contributed by atoms with Crippen LogP contribution in [-0.2, 0) is 13.0 Å². The van der Waals surface area contributed by atoms with Crippen molar-refractivity contribution in [3.8, 4) is 0 Å². The first-order valence-corrected chi connectivity index (χ1v) is 9.87. The Balaban J connectivity index is 1.33. The highest BCUT2D eigenvalue weighted by Crippen LogP contribution is 2.25. The molecule has 0 aliphatic carbocycles. The van der Waals surface area contributed by atoms with Gasteiger partial charge in [-0.2, -0.15) is 0 Å². The zero-order chi connectivity index (χ0) is 17.8. The van der Waals surface area contributed by atoms with Crippen molar-refractivity contribution in [1.82, 2.24) is 20.2 Å². The van der Waals surface area contributed by atoms with E-state index in [9.17, 15) is 0 Å². The molecule has 0 radical (unpaired) electrons. The first-order valence-electron chi connectivity index (χ1n) is 9.87. The van der Waals surface area contributed by atoms with Crippen LogP contribution in [0.4, 0.5) is 5.82 Å². The fourth-order valence-electron chi connectivity index (χ4n) is 4.10. The first kappa shape index (κ1) is 17.4. The summed E-state index contributed by atoms with van der Waals surface area (Å²) in [7, 11) is 0. The molecule has 2 aliphatic rings. The van der Waals surface area contributed by atoms with Gasteiger partial charge in [0.2, 0.25) is 0 Å². The number of rotatable bonds is 5. The van der Waals surface area contributed by atoms with E-state index in [2.05, 4.69) is 50.8 Å². The highest BCUT2D eigenvalue weighted by Gasteiger charge is 2.18. The minimum absolute atomic E-state index is 0.567. The number of aryl methyl sites for hydroxylation is 1. The number of benzene rings is 1. The summed E-state index contributed by atoms with van der Waals surface area (Å²) in [5.41, 5.74) is 4.19. The Morgan fingerprint density at radius 2 is 1.96 bits per heavy atom. The summed E-state index contributed by atoms with van der Waals surface area (Å²) >= 11 is 0. The first-order chi connectivity index (χ1) is 12.8. The van der Waals surface area contributed by atoms with E-state index in [1.165, 1.54) is 29.7 Å². The maximum Gasteiger partial charge on any atom is 0.129 e. The van der Waals surface area contributed by atoms with Gasteiger partial charge < -0.3 is 10.6 Å². The number of fused-ring (bicyclic) bond motifs is 1. The van der Waals surface area contributed by atoms with Gasteiger partial charge in [-0.1, -0.05) is 24.3 Å². The molecule has 5 nitrogen and oxygen atoms in total. The van der Waals surface area contributed by atoms with E-state index in [0.717, 1.165) is 57.3 Å². The molecule has 26 heavy (non-hydrogen) atoms. The van der Waals surface area contributed by atoms with Gasteiger partial charge in [0.25, 0.3) is 0 Å². The third-order valence-corrected chi connectivity index (χ3v) is 5.56. The fraction of sp³-hybridized carbons (Fsp3) is 0.524. The maximum atomic E-state index is 4.69. The second-order valence-corrected chi connectivity index (χ2v) is 7.47. The highest BCUT2D eigenvalue weighted by molar-refractivity contribution is 5.37. The van der Waals surface area contributed by atoms with Crippen molar-refractivity contribution >= 4 is 5.82 Å². The van der Waals surface area contributed by atoms with Crippen LogP contribution in [0.1, 0.15) is 41.4 Å². The maximum absolute atomic E-state index is 4.69. The number of aromatic nitrogens is 2. The molecule has 2 aromatic rings. The van der Waals surface area contributed by atoms with Gasteiger partial charge in [-0.25, -0.2) is 9.97 Å². The quantitative estimate of drug-likeness (QED) is 0.867. The van der Waals surface area contributed by atoms with E-state index in [4.69, 9.17) is 4.98 Å². The lowest BCUT2D eigenvalue weighted by atomic mass is 9.94. The van der Waals surface area contributed by atoms with Crippen molar-refractivity contribution in [2.45, 2.75) is 38.6 Å². The molecule has 5 heteroatoms. The minimum atomic E-state index is 0.567. The smallest absolute Gasteiger partial charge is 0.129 e. The van der Waals surface area contributed by atoms with Crippen molar-refractivity contribution in [2.24, 2.45) is 0 Å². The average Bonchev–Trinajstić information content (AvgIpc) is 2.68. The zero-order valence-corrected chi connectivity index (χ0v) is 15.7. The molecule has 0 amide bonds. The third kappa shape index (κ3) is 4.22. The van der Waals surface area contributed by atoms with Crippen molar-refractivity contribution in [3.63, 3.8) is 0 Å². The Labute approximate surface area is 156 Å². The molecular formula is C21H29N5. The van der Waals surface area contributed by atoms with Crippen molar-refractivity contribution in [1.29, 1.82) is 0 Å². The molecule has 1 saturated heterocycles. The van der Waals surface area contributed by atoms with Crippen LogP contribution in [0, 0.1) is 6.92 Å². The normalized spacial score (nSPS) is 18.5. The van der Waals surface area contributed by atoms with Gasteiger partial charge in [0.15, 0.2) is 0 Å². The molecule has 1 fully saturated rings. The zero-order valence-electron chi connectivity index (χ0n) is 15.7. The van der Waals surface area contributed by atoms with E-state index in [-0.39, 0.29) is 0 Å². The number of anilines is 1. The molecule has 2 aliphatic heterocycles. The van der Waals surface area contributed by atoms with Gasteiger partial charge in [0.05, 0.1) is 0 Å².